The number of halogens is 3. The number of rotatable bonds is 2. The normalized spacial score (nSPS) is 11.3. The zero-order valence-corrected chi connectivity index (χ0v) is 10.2. The van der Waals surface area contributed by atoms with E-state index >= 15 is 0 Å². The molecule has 0 saturated carbocycles. The predicted octanol–water partition coefficient (Wildman–Crippen LogP) is 3.90. The van der Waals surface area contributed by atoms with E-state index < -0.39 is 13.8 Å². The van der Waals surface area contributed by atoms with Crippen molar-refractivity contribution in [2.24, 2.45) is 0 Å². The summed E-state index contributed by atoms with van der Waals surface area (Å²) in [5, 5.41) is 0. The summed E-state index contributed by atoms with van der Waals surface area (Å²) >= 11 is -3.46. The molecule has 0 heterocycles. The number of aryl methyl sites for hydroxylation is 1. The monoisotopic (exact) mass is 260 g/mol. The zero-order valence-electron chi connectivity index (χ0n) is 6.35. The quantitative estimate of drug-likeness (QED) is 0.734. The van der Waals surface area contributed by atoms with Gasteiger partial charge in [0.1, 0.15) is 0 Å². The third kappa shape index (κ3) is 4.02. The molecule has 0 amide bonds. The molecule has 0 aromatic heterocycles. The minimum absolute atomic E-state index is 0.626. The van der Waals surface area contributed by atoms with E-state index in [9.17, 15) is 0 Å². The molecule has 0 atom stereocenters. The van der Waals surface area contributed by atoms with Crippen LogP contribution in [0.5, 0.6) is 5.75 Å². The van der Waals surface area contributed by atoms with E-state index in [-0.39, 0.29) is 0 Å². The fourth-order valence-electron chi connectivity index (χ4n) is 0.740. The molecule has 0 unspecified atom stereocenters. The van der Waals surface area contributed by atoms with Crippen molar-refractivity contribution in [3.8, 4) is 5.75 Å². The Morgan fingerprint density at radius 2 is 1.58 bits per heavy atom. The molecule has 12 heavy (non-hydrogen) atoms. The number of hydrogen-bond donors (Lipinski definition) is 0. The molecule has 0 N–H and O–H groups in total. The summed E-state index contributed by atoms with van der Waals surface area (Å²) in [6.07, 6.45) is 0. The SMILES string of the molecule is Cc1ccc([O][Ti]([Cl])([Cl])[Cl])cc1. The van der Waals surface area contributed by atoms with Crippen molar-refractivity contribution in [2.45, 2.75) is 6.92 Å². The van der Waals surface area contributed by atoms with E-state index in [0.717, 1.165) is 5.56 Å². The first-order valence-corrected chi connectivity index (χ1v) is 10.4. The van der Waals surface area contributed by atoms with Crippen LogP contribution < -0.4 is 3.32 Å². The standard InChI is InChI=1S/C7H8O.3ClH.Ti/c1-6-2-4-7(8)5-3-6;;;;/h2-5,8H,1H3;3*1H;/q;;;;+4/p-4. The molecule has 66 valence electrons. The Morgan fingerprint density at radius 3 is 2.00 bits per heavy atom. The number of hydrogen-bond acceptors (Lipinski definition) is 1. The Morgan fingerprint density at radius 1 is 1.08 bits per heavy atom. The van der Waals surface area contributed by atoms with Gasteiger partial charge < -0.3 is 0 Å². The van der Waals surface area contributed by atoms with Gasteiger partial charge in [-0.1, -0.05) is 0 Å². The topological polar surface area (TPSA) is 9.23 Å². The van der Waals surface area contributed by atoms with Gasteiger partial charge in [0.15, 0.2) is 0 Å². The molecular formula is C7H7Cl3OTi. The summed E-state index contributed by atoms with van der Waals surface area (Å²) in [5.74, 6) is 0.626. The second-order valence-electron chi connectivity index (χ2n) is 2.36. The van der Waals surface area contributed by atoms with Gasteiger partial charge in [0.05, 0.1) is 0 Å². The molecule has 0 aliphatic carbocycles. The van der Waals surface area contributed by atoms with Crippen molar-refractivity contribution in [3.63, 3.8) is 0 Å². The predicted molar refractivity (Wildman–Crippen MR) is 49.4 cm³/mol. The van der Waals surface area contributed by atoms with E-state index in [1.807, 2.05) is 19.1 Å². The molecule has 0 aliphatic heterocycles. The first-order valence-electron chi connectivity index (χ1n) is 3.30. The molecule has 0 bridgehead atoms. The van der Waals surface area contributed by atoms with E-state index in [0.29, 0.717) is 5.75 Å². The van der Waals surface area contributed by atoms with Gasteiger partial charge in [-0.2, -0.15) is 0 Å². The van der Waals surface area contributed by atoms with Gasteiger partial charge in [-0.15, -0.1) is 0 Å². The van der Waals surface area contributed by atoms with Crippen LogP contribution in [0.1, 0.15) is 5.56 Å². The maximum atomic E-state index is 5.60. The molecule has 1 aromatic rings. The molecule has 0 aliphatic rings. The molecule has 1 nitrogen and oxygen atoms in total. The molecule has 0 radical (unpaired) electrons. The van der Waals surface area contributed by atoms with E-state index in [1.165, 1.54) is 0 Å². The first-order chi connectivity index (χ1) is 5.47. The van der Waals surface area contributed by atoms with Gasteiger partial charge in [-0.3, -0.25) is 0 Å². The summed E-state index contributed by atoms with van der Waals surface area (Å²) in [5.41, 5.74) is 1.15. The molecular weight excluding hydrogens is 254 g/mol. The van der Waals surface area contributed by atoms with Crippen LogP contribution in [0.3, 0.4) is 0 Å². The van der Waals surface area contributed by atoms with Crippen LogP contribution >= 0.6 is 27.9 Å². The Labute approximate surface area is 87.0 Å². The summed E-state index contributed by atoms with van der Waals surface area (Å²) in [4.78, 5) is 0. The molecule has 1 rings (SSSR count). The molecule has 0 saturated heterocycles. The summed E-state index contributed by atoms with van der Waals surface area (Å²) in [6.45, 7) is 1.99. The fraction of sp³-hybridized carbons (Fsp3) is 0.143. The van der Waals surface area contributed by atoms with Crippen LogP contribution in [0.2, 0.25) is 0 Å². The summed E-state index contributed by atoms with van der Waals surface area (Å²) < 4.78 is 5.14. The van der Waals surface area contributed by atoms with Gasteiger partial charge in [0, 0.05) is 0 Å². The van der Waals surface area contributed by atoms with E-state index in [1.54, 1.807) is 12.1 Å². The van der Waals surface area contributed by atoms with Crippen molar-refractivity contribution >= 4 is 27.9 Å². The van der Waals surface area contributed by atoms with Crippen LogP contribution in [-0.2, 0) is 13.8 Å². The molecule has 5 heteroatoms. The zero-order chi connectivity index (χ0) is 9.19. The van der Waals surface area contributed by atoms with E-state index in [4.69, 9.17) is 31.2 Å². The molecule has 1 aromatic carbocycles. The third-order valence-corrected chi connectivity index (χ3v) is 2.94. The Hall–Kier alpha value is 0.604. The van der Waals surface area contributed by atoms with E-state index in [2.05, 4.69) is 0 Å². The Kier molecular flexibility index (Phi) is 3.75. The minimum atomic E-state index is -3.46. The van der Waals surface area contributed by atoms with Crippen LogP contribution in [0.15, 0.2) is 24.3 Å². The van der Waals surface area contributed by atoms with Crippen molar-refractivity contribution in [1.82, 2.24) is 0 Å². The van der Waals surface area contributed by atoms with Gasteiger partial charge in [0.2, 0.25) is 0 Å². The second-order valence-corrected chi connectivity index (χ2v) is 13.0. The van der Waals surface area contributed by atoms with Crippen molar-refractivity contribution in [3.05, 3.63) is 29.8 Å². The van der Waals surface area contributed by atoms with Gasteiger partial charge in [0.25, 0.3) is 0 Å². The Bertz CT molecular complexity index is 254. The van der Waals surface area contributed by atoms with Crippen LogP contribution in [-0.4, -0.2) is 0 Å². The summed E-state index contributed by atoms with van der Waals surface area (Å²) in [6, 6.07) is 7.41. The summed E-state index contributed by atoms with van der Waals surface area (Å²) in [7, 11) is 16.8. The average molecular weight is 261 g/mol. The first kappa shape index (κ1) is 10.7. The van der Waals surface area contributed by atoms with Crippen LogP contribution in [0.4, 0.5) is 0 Å². The van der Waals surface area contributed by atoms with Crippen LogP contribution in [0, 0.1) is 6.92 Å². The van der Waals surface area contributed by atoms with Gasteiger partial charge >= 0.3 is 87.5 Å². The molecule has 0 fully saturated rings. The van der Waals surface area contributed by atoms with Crippen molar-refractivity contribution < 1.29 is 17.1 Å². The maximum absolute atomic E-state index is 5.60. The van der Waals surface area contributed by atoms with Crippen molar-refractivity contribution in [2.75, 3.05) is 0 Å². The number of benzene rings is 1. The Balaban J connectivity index is 2.71. The van der Waals surface area contributed by atoms with Gasteiger partial charge in [-0.25, -0.2) is 0 Å². The average Bonchev–Trinajstić information content (AvgIpc) is 1.91. The second kappa shape index (κ2) is 4.21. The molecule has 0 spiro atoms. The fourth-order valence-corrected chi connectivity index (χ4v) is 2.47. The van der Waals surface area contributed by atoms with Crippen LogP contribution in [0.25, 0.3) is 0 Å². The van der Waals surface area contributed by atoms with Gasteiger partial charge in [-0.05, 0) is 0 Å². The third-order valence-electron chi connectivity index (χ3n) is 1.25. The van der Waals surface area contributed by atoms with Crippen molar-refractivity contribution in [1.29, 1.82) is 0 Å².